The largest absolute Gasteiger partial charge is 0.379 e. The lowest BCUT2D eigenvalue weighted by atomic mass is 10.2. The monoisotopic (exact) mass is 342 g/mol. The van der Waals surface area contributed by atoms with Gasteiger partial charge >= 0.3 is 0 Å². The molecule has 0 fully saturated rings. The lowest BCUT2D eigenvalue weighted by molar-refractivity contribution is 0.682. The number of benzene rings is 2. The molecule has 118 valence electrons. The van der Waals surface area contributed by atoms with Gasteiger partial charge in [-0.05, 0) is 36.8 Å². The average molecular weight is 342 g/mol. The molecular formula is C18H18N2OS2. The second-order valence-corrected chi connectivity index (χ2v) is 7.63. The second-order valence-electron chi connectivity index (χ2n) is 5.24. The van der Waals surface area contributed by atoms with Crippen LogP contribution in [0.4, 0.5) is 5.69 Å². The standard InChI is InChI=1S/C18H18N2OS2/c1-14-12-22-18(20-14)11-19-16-7-5-6-15(10-16)13-23(21)17-8-3-2-4-9-17/h2-10,12,19H,11,13H2,1H3/t23-/m1/s1. The molecule has 2 aromatic carbocycles. The maximum atomic E-state index is 12.4. The molecule has 3 rings (SSSR count). The van der Waals surface area contributed by atoms with Gasteiger partial charge in [0, 0.05) is 21.7 Å². The van der Waals surface area contributed by atoms with Crippen molar-refractivity contribution in [1.82, 2.24) is 4.98 Å². The summed E-state index contributed by atoms with van der Waals surface area (Å²) in [6.45, 7) is 2.71. The van der Waals surface area contributed by atoms with E-state index in [0.29, 0.717) is 12.3 Å². The van der Waals surface area contributed by atoms with Gasteiger partial charge in [-0.1, -0.05) is 30.3 Å². The number of aryl methyl sites for hydroxylation is 1. The average Bonchev–Trinajstić information content (AvgIpc) is 3.00. The van der Waals surface area contributed by atoms with E-state index in [2.05, 4.69) is 21.7 Å². The fourth-order valence-corrected chi connectivity index (χ4v) is 4.06. The number of aromatic nitrogens is 1. The lowest BCUT2D eigenvalue weighted by Gasteiger charge is -2.07. The first-order valence-corrected chi connectivity index (χ1v) is 9.58. The van der Waals surface area contributed by atoms with Crippen molar-refractivity contribution in [2.24, 2.45) is 0 Å². The van der Waals surface area contributed by atoms with Gasteiger partial charge in [0.25, 0.3) is 0 Å². The molecule has 1 heterocycles. The van der Waals surface area contributed by atoms with E-state index in [9.17, 15) is 4.21 Å². The zero-order valence-corrected chi connectivity index (χ0v) is 14.5. The van der Waals surface area contributed by atoms with Crippen LogP contribution < -0.4 is 5.32 Å². The summed E-state index contributed by atoms with van der Waals surface area (Å²) in [5.41, 5.74) is 3.15. The van der Waals surface area contributed by atoms with E-state index in [1.807, 2.05) is 55.5 Å². The maximum absolute atomic E-state index is 12.4. The molecule has 0 aliphatic heterocycles. The molecule has 1 N–H and O–H groups in total. The van der Waals surface area contributed by atoms with E-state index in [1.165, 1.54) is 0 Å². The van der Waals surface area contributed by atoms with E-state index in [0.717, 1.165) is 26.8 Å². The molecule has 0 unspecified atom stereocenters. The molecule has 1 atom stereocenters. The van der Waals surface area contributed by atoms with Crippen LogP contribution in [0.25, 0.3) is 0 Å². The number of nitrogens with one attached hydrogen (secondary N) is 1. The highest BCUT2D eigenvalue weighted by atomic mass is 32.2. The number of rotatable bonds is 6. The fraction of sp³-hybridized carbons (Fsp3) is 0.167. The van der Waals surface area contributed by atoms with Crippen LogP contribution in [0.2, 0.25) is 0 Å². The van der Waals surface area contributed by atoms with Crippen molar-refractivity contribution in [2.45, 2.75) is 24.1 Å². The van der Waals surface area contributed by atoms with Gasteiger partial charge in [-0.15, -0.1) is 11.3 Å². The first-order valence-electron chi connectivity index (χ1n) is 7.38. The van der Waals surface area contributed by atoms with Gasteiger partial charge in [0.15, 0.2) is 0 Å². The third-order valence-electron chi connectivity index (χ3n) is 3.34. The summed E-state index contributed by atoms with van der Waals surface area (Å²) in [5.74, 6) is 0.524. The van der Waals surface area contributed by atoms with Crippen molar-refractivity contribution in [3.63, 3.8) is 0 Å². The van der Waals surface area contributed by atoms with Gasteiger partial charge in [0.1, 0.15) is 5.01 Å². The van der Waals surface area contributed by atoms with E-state index >= 15 is 0 Å². The fourth-order valence-electron chi connectivity index (χ4n) is 2.24. The molecular weight excluding hydrogens is 324 g/mol. The zero-order chi connectivity index (χ0) is 16.1. The number of anilines is 1. The highest BCUT2D eigenvalue weighted by molar-refractivity contribution is 7.84. The maximum Gasteiger partial charge on any atom is 0.112 e. The minimum atomic E-state index is -1.02. The minimum Gasteiger partial charge on any atom is -0.379 e. The van der Waals surface area contributed by atoms with Gasteiger partial charge < -0.3 is 5.32 Å². The van der Waals surface area contributed by atoms with Crippen LogP contribution >= 0.6 is 11.3 Å². The lowest BCUT2D eigenvalue weighted by Crippen LogP contribution is -2.01. The van der Waals surface area contributed by atoms with Crippen molar-refractivity contribution < 1.29 is 4.21 Å². The Morgan fingerprint density at radius 1 is 1.13 bits per heavy atom. The first kappa shape index (κ1) is 15.9. The molecule has 0 saturated carbocycles. The topological polar surface area (TPSA) is 42.0 Å². The molecule has 0 aliphatic rings. The van der Waals surface area contributed by atoms with Gasteiger partial charge in [-0.25, -0.2) is 4.98 Å². The first-order chi connectivity index (χ1) is 11.2. The van der Waals surface area contributed by atoms with Gasteiger partial charge in [-0.3, -0.25) is 4.21 Å². The molecule has 3 nitrogen and oxygen atoms in total. The predicted molar refractivity (Wildman–Crippen MR) is 97.2 cm³/mol. The van der Waals surface area contributed by atoms with E-state index in [1.54, 1.807) is 11.3 Å². The van der Waals surface area contributed by atoms with Gasteiger partial charge in [0.05, 0.1) is 23.1 Å². The summed E-state index contributed by atoms with van der Waals surface area (Å²) in [6.07, 6.45) is 0. The van der Waals surface area contributed by atoms with E-state index < -0.39 is 10.8 Å². The minimum absolute atomic E-state index is 0.524. The molecule has 3 aromatic rings. The van der Waals surface area contributed by atoms with Crippen molar-refractivity contribution in [3.8, 4) is 0 Å². The highest BCUT2D eigenvalue weighted by Gasteiger charge is 2.05. The predicted octanol–water partition coefficient (Wildman–Crippen LogP) is 4.37. The third kappa shape index (κ3) is 4.50. The molecule has 0 bridgehead atoms. The second kappa shape index (κ2) is 7.53. The molecule has 0 spiro atoms. The van der Waals surface area contributed by atoms with Crippen LogP contribution in [0.3, 0.4) is 0 Å². The van der Waals surface area contributed by atoms with Crippen molar-refractivity contribution >= 4 is 27.8 Å². The van der Waals surface area contributed by atoms with Crippen LogP contribution in [-0.2, 0) is 23.1 Å². The summed E-state index contributed by atoms with van der Waals surface area (Å²) < 4.78 is 12.4. The third-order valence-corrected chi connectivity index (χ3v) is 5.70. The van der Waals surface area contributed by atoms with Crippen molar-refractivity contribution in [2.75, 3.05) is 5.32 Å². The molecule has 0 radical (unpaired) electrons. The summed E-state index contributed by atoms with van der Waals surface area (Å²) in [7, 11) is -1.02. The van der Waals surface area contributed by atoms with E-state index in [4.69, 9.17) is 0 Å². The summed E-state index contributed by atoms with van der Waals surface area (Å²) in [5, 5.41) is 6.50. The normalized spacial score (nSPS) is 12.0. The number of hydrogen-bond acceptors (Lipinski definition) is 4. The highest BCUT2D eigenvalue weighted by Crippen LogP contribution is 2.17. The van der Waals surface area contributed by atoms with Crippen LogP contribution in [0.15, 0.2) is 64.9 Å². The molecule has 23 heavy (non-hydrogen) atoms. The Morgan fingerprint density at radius 2 is 1.96 bits per heavy atom. The molecule has 1 aromatic heterocycles. The molecule has 0 amide bonds. The number of nitrogens with zero attached hydrogens (tertiary/aromatic N) is 1. The van der Waals surface area contributed by atoms with E-state index in [-0.39, 0.29) is 0 Å². The Morgan fingerprint density at radius 3 is 2.70 bits per heavy atom. The quantitative estimate of drug-likeness (QED) is 0.723. The Balaban J connectivity index is 1.64. The van der Waals surface area contributed by atoms with Crippen molar-refractivity contribution in [1.29, 1.82) is 0 Å². The zero-order valence-electron chi connectivity index (χ0n) is 12.9. The van der Waals surface area contributed by atoms with Crippen LogP contribution in [-0.4, -0.2) is 9.19 Å². The smallest absolute Gasteiger partial charge is 0.112 e. The summed E-state index contributed by atoms with van der Waals surface area (Å²) in [4.78, 5) is 5.31. The summed E-state index contributed by atoms with van der Waals surface area (Å²) in [6, 6.07) is 17.7. The van der Waals surface area contributed by atoms with Crippen LogP contribution in [0, 0.1) is 6.92 Å². The Bertz CT molecular complexity index is 800. The number of hydrogen-bond donors (Lipinski definition) is 1. The molecule has 0 saturated heterocycles. The molecule has 5 heteroatoms. The van der Waals surface area contributed by atoms with Crippen LogP contribution in [0.1, 0.15) is 16.3 Å². The van der Waals surface area contributed by atoms with Gasteiger partial charge in [0.2, 0.25) is 0 Å². The Kier molecular flexibility index (Phi) is 5.20. The van der Waals surface area contributed by atoms with Gasteiger partial charge in [-0.2, -0.15) is 0 Å². The Hall–Kier alpha value is -1.98. The SMILES string of the molecule is Cc1csc(CNc2cccc(C[S@@](=O)c3ccccc3)c2)n1. The van der Waals surface area contributed by atoms with Crippen molar-refractivity contribution in [3.05, 3.63) is 76.2 Å². The number of thiazole rings is 1. The summed E-state index contributed by atoms with van der Waals surface area (Å²) >= 11 is 1.66. The van der Waals surface area contributed by atoms with Crippen LogP contribution in [0.5, 0.6) is 0 Å². The molecule has 0 aliphatic carbocycles. The Labute approximate surface area is 142 Å².